The van der Waals surface area contributed by atoms with Crippen molar-refractivity contribution in [2.24, 2.45) is 0 Å². The van der Waals surface area contributed by atoms with Crippen LogP contribution in [0.15, 0.2) is 30.3 Å². The number of rotatable bonds is 9. The minimum atomic E-state index is -1.06. The van der Waals surface area contributed by atoms with E-state index in [1.54, 1.807) is 5.48 Å². The molecule has 6 heteroatoms. The zero-order valence-electron chi connectivity index (χ0n) is 10.8. The van der Waals surface area contributed by atoms with E-state index in [-0.39, 0.29) is 5.91 Å². The summed E-state index contributed by atoms with van der Waals surface area (Å²) < 4.78 is 14.6. The van der Waals surface area contributed by atoms with Crippen molar-refractivity contribution in [1.29, 1.82) is 0 Å². The van der Waals surface area contributed by atoms with Gasteiger partial charge in [-0.25, -0.2) is 9.69 Å². The molecule has 0 bridgehead atoms. The number of hydrogen-bond donors (Lipinski definition) is 3. The third-order valence-corrected chi connectivity index (χ3v) is 3.74. The summed E-state index contributed by atoms with van der Waals surface area (Å²) in [6.45, 7) is 0. The molecule has 0 saturated heterocycles. The number of nitrogens with one attached hydrogen (secondary N) is 2. The highest BCUT2D eigenvalue weighted by atomic mass is 32.2. The summed E-state index contributed by atoms with van der Waals surface area (Å²) in [5, 5.41) is 8.30. The van der Waals surface area contributed by atoms with Gasteiger partial charge in [0.05, 0.1) is 0 Å². The van der Waals surface area contributed by atoms with Gasteiger partial charge < -0.3 is 4.72 Å². The van der Waals surface area contributed by atoms with Gasteiger partial charge >= 0.3 is 0 Å². The lowest BCUT2D eigenvalue weighted by Crippen LogP contribution is -2.17. The van der Waals surface area contributed by atoms with Gasteiger partial charge in [-0.15, -0.1) is 0 Å². The molecule has 3 N–H and O–H groups in total. The molecular formula is C13H20N2O3S. The van der Waals surface area contributed by atoms with Gasteiger partial charge in [-0.05, 0) is 25.0 Å². The second-order valence-corrected chi connectivity index (χ2v) is 5.52. The number of para-hydroxylation sites is 1. The van der Waals surface area contributed by atoms with Crippen molar-refractivity contribution >= 4 is 22.6 Å². The minimum Gasteiger partial charge on any atom is -0.305 e. The SMILES string of the molecule is O=C(CCCCCCS(=O)Nc1ccccc1)NO. The summed E-state index contributed by atoms with van der Waals surface area (Å²) >= 11 is 0. The maximum Gasteiger partial charge on any atom is 0.243 e. The Morgan fingerprint density at radius 1 is 1.11 bits per heavy atom. The van der Waals surface area contributed by atoms with Crippen LogP contribution in [0.2, 0.25) is 0 Å². The van der Waals surface area contributed by atoms with Gasteiger partial charge in [0.2, 0.25) is 5.91 Å². The average molecular weight is 284 g/mol. The molecule has 5 nitrogen and oxygen atoms in total. The number of unbranched alkanes of at least 4 members (excludes halogenated alkanes) is 3. The maximum absolute atomic E-state index is 11.7. The van der Waals surface area contributed by atoms with Crippen LogP contribution in [-0.4, -0.2) is 21.1 Å². The Hall–Kier alpha value is -1.40. The molecule has 0 aliphatic carbocycles. The van der Waals surface area contributed by atoms with E-state index in [1.807, 2.05) is 30.3 Å². The quantitative estimate of drug-likeness (QED) is 0.369. The summed E-state index contributed by atoms with van der Waals surface area (Å²) in [5.74, 6) is 0.246. The standard InChI is InChI=1S/C13H20N2O3S/c16-13(14-17)10-6-1-2-7-11-19(18)15-12-8-4-3-5-9-12/h3-5,8-9,15,17H,1-2,6-7,10-11H2,(H,14,16). The zero-order valence-corrected chi connectivity index (χ0v) is 11.6. The van der Waals surface area contributed by atoms with Crippen molar-refractivity contribution in [1.82, 2.24) is 5.48 Å². The number of hydroxylamine groups is 1. The maximum atomic E-state index is 11.7. The fraction of sp³-hybridized carbons (Fsp3) is 0.462. The molecule has 0 heterocycles. The Morgan fingerprint density at radius 2 is 1.79 bits per heavy atom. The monoisotopic (exact) mass is 284 g/mol. The molecule has 19 heavy (non-hydrogen) atoms. The van der Waals surface area contributed by atoms with E-state index >= 15 is 0 Å². The van der Waals surface area contributed by atoms with E-state index in [0.29, 0.717) is 12.2 Å². The first-order chi connectivity index (χ1) is 9.22. The lowest BCUT2D eigenvalue weighted by Gasteiger charge is -2.05. The van der Waals surface area contributed by atoms with Gasteiger partial charge in [-0.3, -0.25) is 10.0 Å². The van der Waals surface area contributed by atoms with Gasteiger partial charge in [0.25, 0.3) is 0 Å². The summed E-state index contributed by atoms with van der Waals surface area (Å²) in [4.78, 5) is 10.7. The molecule has 1 aromatic carbocycles. The first-order valence-electron chi connectivity index (χ1n) is 6.35. The first-order valence-corrected chi connectivity index (χ1v) is 7.67. The molecule has 0 fully saturated rings. The Labute approximate surface area is 116 Å². The highest BCUT2D eigenvalue weighted by Gasteiger charge is 2.01. The van der Waals surface area contributed by atoms with Crippen LogP contribution in [0.25, 0.3) is 0 Å². The Kier molecular flexibility index (Phi) is 7.84. The second-order valence-electron chi connectivity index (χ2n) is 4.22. The normalized spacial score (nSPS) is 11.8. The fourth-order valence-corrected chi connectivity index (χ4v) is 2.58. The van der Waals surface area contributed by atoms with Crippen LogP contribution in [0.5, 0.6) is 0 Å². The predicted molar refractivity (Wildman–Crippen MR) is 76.1 cm³/mol. The Balaban J connectivity index is 2.03. The molecule has 0 aliphatic heterocycles. The van der Waals surface area contributed by atoms with Crippen molar-refractivity contribution in [3.05, 3.63) is 30.3 Å². The molecule has 1 rings (SSSR count). The molecule has 106 valence electrons. The highest BCUT2D eigenvalue weighted by molar-refractivity contribution is 7.86. The number of hydrogen-bond acceptors (Lipinski definition) is 3. The third kappa shape index (κ3) is 7.58. The summed E-state index contributed by atoms with van der Waals surface area (Å²) in [6, 6.07) is 9.46. The van der Waals surface area contributed by atoms with Crippen molar-refractivity contribution < 1.29 is 14.2 Å². The minimum absolute atomic E-state index is 0.335. The third-order valence-electron chi connectivity index (χ3n) is 2.61. The number of benzene rings is 1. The first kappa shape index (κ1) is 15.7. The molecule has 0 saturated carbocycles. The lowest BCUT2D eigenvalue weighted by atomic mass is 10.1. The molecule has 1 amide bonds. The fourth-order valence-electron chi connectivity index (χ4n) is 1.62. The molecule has 1 aromatic rings. The van der Waals surface area contributed by atoms with Gasteiger partial charge in [-0.1, -0.05) is 31.0 Å². The van der Waals surface area contributed by atoms with Crippen molar-refractivity contribution in [3.63, 3.8) is 0 Å². The predicted octanol–water partition coefficient (Wildman–Crippen LogP) is 2.22. The Bertz CT molecular complexity index is 398. The van der Waals surface area contributed by atoms with E-state index in [2.05, 4.69) is 4.72 Å². The van der Waals surface area contributed by atoms with Crippen molar-refractivity contribution in [2.75, 3.05) is 10.5 Å². The van der Waals surface area contributed by atoms with Gasteiger partial charge in [-0.2, -0.15) is 0 Å². The average Bonchev–Trinajstić information content (AvgIpc) is 2.43. The van der Waals surface area contributed by atoms with Gasteiger partial charge in [0.15, 0.2) is 0 Å². The van der Waals surface area contributed by atoms with Gasteiger partial charge in [0, 0.05) is 17.9 Å². The van der Waals surface area contributed by atoms with Crippen LogP contribution < -0.4 is 10.2 Å². The number of anilines is 1. The number of carbonyl (C=O) groups is 1. The van der Waals surface area contributed by atoms with E-state index in [4.69, 9.17) is 5.21 Å². The molecule has 0 radical (unpaired) electrons. The lowest BCUT2D eigenvalue weighted by molar-refractivity contribution is -0.129. The van der Waals surface area contributed by atoms with Crippen LogP contribution in [0.1, 0.15) is 32.1 Å². The summed E-state index contributed by atoms with van der Waals surface area (Å²) in [6.07, 6.45) is 3.76. The Morgan fingerprint density at radius 3 is 2.47 bits per heavy atom. The van der Waals surface area contributed by atoms with Crippen molar-refractivity contribution in [3.8, 4) is 0 Å². The molecule has 0 spiro atoms. The van der Waals surface area contributed by atoms with Gasteiger partial charge in [0.1, 0.15) is 11.0 Å². The zero-order chi connectivity index (χ0) is 13.9. The van der Waals surface area contributed by atoms with E-state index in [1.165, 1.54) is 0 Å². The van der Waals surface area contributed by atoms with Crippen LogP contribution in [0.3, 0.4) is 0 Å². The summed E-state index contributed by atoms with van der Waals surface area (Å²) in [5.41, 5.74) is 2.47. The number of carbonyl (C=O) groups excluding carboxylic acids is 1. The van der Waals surface area contributed by atoms with E-state index in [9.17, 15) is 9.00 Å². The van der Waals surface area contributed by atoms with E-state index in [0.717, 1.165) is 31.4 Å². The second kappa shape index (κ2) is 9.52. The topological polar surface area (TPSA) is 78.4 Å². The largest absolute Gasteiger partial charge is 0.305 e. The van der Waals surface area contributed by atoms with Crippen LogP contribution in [0.4, 0.5) is 5.69 Å². The molecule has 0 aliphatic rings. The van der Waals surface area contributed by atoms with Crippen LogP contribution in [0, 0.1) is 0 Å². The van der Waals surface area contributed by atoms with Crippen molar-refractivity contribution in [2.45, 2.75) is 32.1 Å². The number of amides is 1. The molecule has 1 atom stereocenters. The van der Waals surface area contributed by atoms with E-state index < -0.39 is 11.0 Å². The smallest absolute Gasteiger partial charge is 0.243 e. The summed E-state index contributed by atoms with van der Waals surface area (Å²) in [7, 11) is -1.06. The highest BCUT2D eigenvalue weighted by Crippen LogP contribution is 2.08. The molecular weight excluding hydrogens is 264 g/mol. The molecule has 0 aromatic heterocycles. The van der Waals surface area contributed by atoms with Crippen LogP contribution in [-0.2, 0) is 15.8 Å². The molecule has 1 unspecified atom stereocenters. The van der Waals surface area contributed by atoms with Crippen LogP contribution >= 0.6 is 0 Å².